The van der Waals surface area contributed by atoms with E-state index in [1.165, 1.54) is 18.2 Å². The molecule has 0 aliphatic carbocycles. The van der Waals surface area contributed by atoms with Crippen LogP contribution >= 0.6 is 0 Å². The van der Waals surface area contributed by atoms with Crippen molar-refractivity contribution in [1.29, 1.82) is 0 Å². The van der Waals surface area contributed by atoms with E-state index in [1.54, 1.807) is 0 Å². The van der Waals surface area contributed by atoms with Crippen molar-refractivity contribution in [2.75, 3.05) is 5.32 Å². The Morgan fingerprint density at radius 1 is 1.12 bits per heavy atom. The number of para-hydroxylation sites is 1. The first kappa shape index (κ1) is 11.8. The minimum Gasteiger partial charge on any atom is -0.506 e. The number of benzene rings is 1. The van der Waals surface area contributed by atoms with Gasteiger partial charge >= 0.3 is 5.97 Å². The van der Waals surface area contributed by atoms with Gasteiger partial charge in [-0.05, 0) is 12.1 Å². The Labute approximate surface area is 91.1 Å². The van der Waals surface area contributed by atoms with Gasteiger partial charge in [0.25, 0.3) is 0 Å². The highest BCUT2D eigenvalue weighted by molar-refractivity contribution is 5.95. The van der Waals surface area contributed by atoms with Gasteiger partial charge in [0.05, 0.1) is 6.42 Å². The molecule has 0 atom stereocenters. The summed E-state index contributed by atoms with van der Waals surface area (Å²) in [5.74, 6) is -2.22. The van der Waals surface area contributed by atoms with Crippen LogP contribution in [-0.4, -0.2) is 27.2 Å². The molecule has 0 bridgehead atoms. The first-order valence-corrected chi connectivity index (χ1v) is 4.53. The second kappa shape index (κ2) is 5.01. The lowest BCUT2D eigenvalue weighted by Gasteiger charge is -2.08. The minimum atomic E-state index is -1.09. The molecule has 6 heteroatoms. The zero-order valence-corrected chi connectivity index (χ0v) is 8.30. The van der Waals surface area contributed by atoms with Gasteiger partial charge in [0, 0.05) is 6.42 Å². The molecule has 0 saturated heterocycles. The molecule has 0 aromatic heterocycles. The van der Waals surface area contributed by atoms with Crippen molar-refractivity contribution in [2.45, 2.75) is 12.8 Å². The van der Waals surface area contributed by atoms with Crippen molar-refractivity contribution in [1.82, 2.24) is 0 Å². The summed E-state index contributed by atoms with van der Waals surface area (Å²) >= 11 is 0. The molecule has 0 fully saturated rings. The van der Waals surface area contributed by atoms with Crippen molar-refractivity contribution < 1.29 is 24.9 Å². The Morgan fingerprint density at radius 3 is 2.19 bits per heavy atom. The quantitative estimate of drug-likeness (QED) is 0.569. The fourth-order valence-electron chi connectivity index (χ4n) is 1.08. The average Bonchev–Trinajstić information content (AvgIpc) is 2.21. The van der Waals surface area contributed by atoms with Gasteiger partial charge < -0.3 is 20.6 Å². The molecule has 0 aliphatic heterocycles. The van der Waals surface area contributed by atoms with Gasteiger partial charge in [0.2, 0.25) is 5.91 Å². The topological polar surface area (TPSA) is 107 Å². The van der Waals surface area contributed by atoms with E-state index < -0.39 is 11.9 Å². The number of amides is 1. The summed E-state index contributed by atoms with van der Waals surface area (Å²) in [4.78, 5) is 21.4. The molecule has 16 heavy (non-hydrogen) atoms. The Hall–Kier alpha value is -2.24. The standard InChI is InChI=1S/C10H11NO5/c12-6-2-1-3-7(13)10(6)11-8(14)4-5-9(15)16/h1-3,12-13H,4-5H2,(H,11,14)(H,15,16). The number of anilines is 1. The molecule has 1 amide bonds. The Kier molecular flexibility index (Phi) is 3.71. The number of hydrogen-bond acceptors (Lipinski definition) is 4. The number of rotatable bonds is 4. The van der Waals surface area contributed by atoms with Gasteiger partial charge in [0.1, 0.15) is 17.2 Å². The molecule has 0 unspecified atom stereocenters. The molecule has 0 radical (unpaired) electrons. The largest absolute Gasteiger partial charge is 0.506 e. The van der Waals surface area contributed by atoms with E-state index in [0.717, 1.165) is 0 Å². The van der Waals surface area contributed by atoms with Gasteiger partial charge in [-0.3, -0.25) is 9.59 Å². The summed E-state index contributed by atoms with van der Waals surface area (Å²) in [5.41, 5.74) is -0.113. The van der Waals surface area contributed by atoms with Crippen molar-refractivity contribution in [2.24, 2.45) is 0 Å². The summed E-state index contributed by atoms with van der Waals surface area (Å²) in [6.07, 6.45) is -0.525. The van der Waals surface area contributed by atoms with Crippen LogP contribution in [0, 0.1) is 0 Å². The third kappa shape index (κ3) is 3.16. The van der Waals surface area contributed by atoms with Crippen LogP contribution in [0.25, 0.3) is 0 Å². The Bertz CT molecular complexity index is 395. The van der Waals surface area contributed by atoms with Gasteiger partial charge in [0.15, 0.2) is 0 Å². The molecule has 1 aromatic carbocycles. The molecule has 0 saturated carbocycles. The van der Waals surface area contributed by atoms with Gasteiger partial charge in [-0.1, -0.05) is 6.07 Å². The number of hydrogen-bond donors (Lipinski definition) is 4. The smallest absolute Gasteiger partial charge is 0.303 e. The van der Waals surface area contributed by atoms with Gasteiger partial charge in [-0.15, -0.1) is 0 Å². The van der Waals surface area contributed by atoms with Gasteiger partial charge in [-0.25, -0.2) is 0 Å². The molecule has 86 valence electrons. The van der Waals surface area contributed by atoms with E-state index in [4.69, 9.17) is 5.11 Å². The maximum Gasteiger partial charge on any atom is 0.303 e. The van der Waals surface area contributed by atoms with E-state index >= 15 is 0 Å². The number of aliphatic carboxylic acids is 1. The van der Waals surface area contributed by atoms with Gasteiger partial charge in [-0.2, -0.15) is 0 Å². The molecule has 1 rings (SSSR count). The SMILES string of the molecule is O=C(O)CCC(=O)Nc1c(O)cccc1O. The lowest BCUT2D eigenvalue weighted by atomic mass is 10.2. The molecule has 0 spiro atoms. The van der Waals surface area contributed by atoms with Crippen LogP contribution in [0.5, 0.6) is 11.5 Å². The fourth-order valence-corrected chi connectivity index (χ4v) is 1.08. The van der Waals surface area contributed by atoms with E-state index in [1.807, 2.05) is 0 Å². The van der Waals surface area contributed by atoms with E-state index in [-0.39, 0.29) is 30.0 Å². The number of nitrogens with one attached hydrogen (secondary N) is 1. The number of carboxylic acid groups (broad SMARTS) is 1. The number of aromatic hydroxyl groups is 2. The lowest BCUT2D eigenvalue weighted by molar-refractivity contribution is -0.138. The second-order valence-electron chi connectivity index (χ2n) is 3.11. The Balaban J connectivity index is 2.66. The zero-order valence-electron chi connectivity index (χ0n) is 8.30. The summed E-state index contributed by atoms with van der Waals surface area (Å²) in [6.45, 7) is 0. The van der Waals surface area contributed by atoms with Crippen LogP contribution in [0.1, 0.15) is 12.8 Å². The highest BCUT2D eigenvalue weighted by Crippen LogP contribution is 2.32. The fraction of sp³-hybridized carbons (Fsp3) is 0.200. The number of carbonyl (C=O) groups excluding carboxylic acids is 1. The maximum atomic E-state index is 11.2. The number of phenols is 2. The van der Waals surface area contributed by atoms with Crippen LogP contribution in [-0.2, 0) is 9.59 Å². The van der Waals surface area contributed by atoms with Crippen LogP contribution < -0.4 is 5.32 Å². The maximum absolute atomic E-state index is 11.2. The number of carboxylic acids is 1. The second-order valence-corrected chi connectivity index (χ2v) is 3.11. The van der Waals surface area contributed by atoms with E-state index in [2.05, 4.69) is 5.32 Å². The average molecular weight is 225 g/mol. The molecule has 6 nitrogen and oxygen atoms in total. The van der Waals surface area contributed by atoms with E-state index in [0.29, 0.717) is 0 Å². The van der Waals surface area contributed by atoms with Crippen molar-refractivity contribution >= 4 is 17.6 Å². The van der Waals surface area contributed by atoms with Crippen LogP contribution in [0.3, 0.4) is 0 Å². The molecule has 4 N–H and O–H groups in total. The van der Waals surface area contributed by atoms with Crippen molar-refractivity contribution in [3.8, 4) is 11.5 Å². The normalized spacial score (nSPS) is 9.75. The molecule has 0 heterocycles. The summed E-state index contributed by atoms with van der Waals surface area (Å²) < 4.78 is 0. The molecular formula is C10H11NO5. The predicted octanol–water partition coefficient (Wildman–Crippen LogP) is 0.901. The van der Waals surface area contributed by atoms with Crippen LogP contribution in [0.4, 0.5) is 5.69 Å². The molecule has 0 aliphatic rings. The first-order chi connectivity index (χ1) is 7.50. The molecule has 1 aromatic rings. The third-order valence-corrected chi connectivity index (χ3v) is 1.85. The molecular weight excluding hydrogens is 214 g/mol. The number of carbonyl (C=O) groups is 2. The highest BCUT2D eigenvalue weighted by atomic mass is 16.4. The predicted molar refractivity (Wildman–Crippen MR) is 55.3 cm³/mol. The minimum absolute atomic E-state index is 0.113. The highest BCUT2D eigenvalue weighted by Gasteiger charge is 2.11. The number of phenolic OH excluding ortho intramolecular Hbond substituents is 2. The third-order valence-electron chi connectivity index (χ3n) is 1.85. The van der Waals surface area contributed by atoms with Crippen LogP contribution in [0.2, 0.25) is 0 Å². The monoisotopic (exact) mass is 225 g/mol. The van der Waals surface area contributed by atoms with Crippen LogP contribution in [0.15, 0.2) is 18.2 Å². The Morgan fingerprint density at radius 2 is 1.69 bits per heavy atom. The van der Waals surface area contributed by atoms with Crippen molar-refractivity contribution in [3.63, 3.8) is 0 Å². The summed E-state index contributed by atoms with van der Waals surface area (Å²) in [6, 6.07) is 4.01. The first-order valence-electron chi connectivity index (χ1n) is 4.53. The summed E-state index contributed by atoms with van der Waals surface area (Å²) in [7, 11) is 0. The van der Waals surface area contributed by atoms with E-state index in [9.17, 15) is 19.8 Å². The summed E-state index contributed by atoms with van der Waals surface area (Å²) in [5, 5.41) is 29.2. The lowest BCUT2D eigenvalue weighted by Crippen LogP contribution is -2.13. The van der Waals surface area contributed by atoms with Crippen molar-refractivity contribution in [3.05, 3.63) is 18.2 Å². The zero-order chi connectivity index (χ0) is 12.1.